The number of halogens is 1. The summed E-state index contributed by atoms with van der Waals surface area (Å²) < 4.78 is 35.9. The van der Waals surface area contributed by atoms with E-state index in [0.717, 1.165) is 0 Å². The number of rotatable bonds is 4. The zero-order valence-electron chi connectivity index (χ0n) is 13.1. The van der Waals surface area contributed by atoms with Crippen molar-refractivity contribution in [1.82, 2.24) is 4.98 Å². The molecule has 0 unspecified atom stereocenters. The number of benzene rings is 2. The maximum absolute atomic E-state index is 13.2. The van der Waals surface area contributed by atoms with Crippen molar-refractivity contribution in [2.75, 3.05) is 0 Å². The fourth-order valence-corrected chi connectivity index (χ4v) is 3.77. The van der Waals surface area contributed by atoms with E-state index in [0.29, 0.717) is 26.7 Å². The molecule has 0 radical (unpaired) electrons. The Bertz CT molecular complexity index is 1040. The summed E-state index contributed by atoms with van der Waals surface area (Å²) in [5.74, 6) is -0.550. The first-order valence-corrected chi connectivity index (χ1v) is 9.53. The number of aromatic nitrogens is 1. The van der Waals surface area contributed by atoms with Crippen LogP contribution in [0.2, 0.25) is 0 Å². The number of hydrogen-bond donors (Lipinski definition) is 1. The van der Waals surface area contributed by atoms with Crippen LogP contribution in [0.5, 0.6) is 0 Å². The zero-order valence-corrected chi connectivity index (χ0v) is 14.7. The van der Waals surface area contributed by atoms with Gasteiger partial charge in [0.25, 0.3) is 0 Å². The summed E-state index contributed by atoms with van der Waals surface area (Å²) >= 11 is 1.20. The second kappa shape index (κ2) is 6.47. The lowest BCUT2D eigenvalue weighted by Gasteiger charge is -2.04. The van der Waals surface area contributed by atoms with E-state index in [1.807, 2.05) is 0 Å². The van der Waals surface area contributed by atoms with Gasteiger partial charge in [0.05, 0.1) is 15.5 Å². The molecule has 0 aliphatic carbocycles. The third-order valence-electron chi connectivity index (χ3n) is 3.49. The van der Waals surface area contributed by atoms with Gasteiger partial charge in [-0.05, 0) is 42.0 Å². The number of thiazole rings is 1. The van der Waals surface area contributed by atoms with Gasteiger partial charge in [-0.1, -0.05) is 12.1 Å². The van der Waals surface area contributed by atoms with Crippen molar-refractivity contribution < 1.29 is 17.6 Å². The molecule has 0 aliphatic rings. The molecule has 0 aliphatic heterocycles. The normalized spacial score (nSPS) is 11.5. The Morgan fingerprint density at radius 1 is 1.04 bits per heavy atom. The minimum absolute atomic E-state index is 0.00381. The van der Waals surface area contributed by atoms with Crippen molar-refractivity contribution in [3.63, 3.8) is 0 Å². The van der Waals surface area contributed by atoms with E-state index in [1.54, 1.807) is 24.3 Å². The highest BCUT2D eigenvalue weighted by molar-refractivity contribution is 7.89. The first-order chi connectivity index (χ1) is 11.8. The van der Waals surface area contributed by atoms with Gasteiger partial charge in [0.15, 0.2) is 10.8 Å². The van der Waals surface area contributed by atoms with E-state index in [-0.39, 0.29) is 16.5 Å². The van der Waals surface area contributed by atoms with Gasteiger partial charge in [0.2, 0.25) is 10.0 Å². The molecule has 128 valence electrons. The Labute approximate surface area is 148 Å². The summed E-state index contributed by atoms with van der Waals surface area (Å²) in [7, 11) is -3.79. The molecule has 3 rings (SSSR count). The highest BCUT2D eigenvalue weighted by Gasteiger charge is 2.18. The maximum Gasteiger partial charge on any atom is 0.238 e. The van der Waals surface area contributed by atoms with Crippen LogP contribution in [-0.2, 0) is 10.0 Å². The average molecular weight is 376 g/mol. The van der Waals surface area contributed by atoms with Crippen molar-refractivity contribution >= 4 is 27.1 Å². The highest BCUT2D eigenvalue weighted by atomic mass is 32.2. The number of carbonyl (C=O) groups excluding carboxylic acids is 1. The van der Waals surface area contributed by atoms with E-state index in [2.05, 4.69) is 4.98 Å². The highest BCUT2D eigenvalue weighted by Crippen LogP contribution is 2.37. The van der Waals surface area contributed by atoms with Crippen molar-refractivity contribution in [2.45, 2.75) is 11.8 Å². The Morgan fingerprint density at radius 3 is 2.12 bits per heavy atom. The van der Waals surface area contributed by atoms with Crippen LogP contribution in [0.25, 0.3) is 21.7 Å². The van der Waals surface area contributed by atoms with Crippen LogP contribution < -0.4 is 5.14 Å². The number of hydrogen-bond acceptors (Lipinski definition) is 5. The summed E-state index contributed by atoms with van der Waals surface area (Å²) in [5, 5.41) is 5.43. The van der Waals surface area contributed by atoms with Gasteiger partial charge in [-0.3, -0.25) is 4.79 Å². The quantitative estimate of drug-likeness (QED) is 0.706. The molecule has 0 spiro atoms. The Balaban J connectivity index is 2.14. The van der Waals surface area contributed by atoms with E-state index in [1.165, 1.54) is 42.5 Å². The van der Waals surface area contributed by atoms with E-state index in [4.69, 9.17) is 5.14 Å². The Morgan fingerprint density at radius 2 is 1.60 bits per heavy atom. The minimum atomic E-state index is -3.79. The monoisotopic (exact) mass is 376 g/mol. The number of ketones is 1. The smallest absolute Gasteiger partial charge is 0.238 e. The van der Waals surface area contributed by atoms with E-state index >= 15 is 0 Å². The minimum Gasteiger partial charge on any atom is -0.292 e. The molecule has 25 heavy (non-hydrogen) atoms. The molecule has 0 fully saturated rings. The van der Waals surface area contributed by atoms with Gasteiger partial charge in [0.1, 0.15) is 5.82 Å². The fourth-order valence-electron chi connectivity index (χ4n) is 2.27. The molecule has 0 bridgehead atoms. The van der Waals surface area contributed by atoms with Crippen LogP contribution in [0.1, 0.15) is 16.7 Å². The molecule has 0 amide bonds. The van der Waals surface area contributed by atoms with Gasteiger partial charge >= 0.3 is 0 Å². The lowest BCUT2D eigenvalue weighted by atomic mass is 10.1. The van der Waals surface area contributed by atoms with Crippen molar-refractivity contribution in [2.24, 2.45) is 5.14 Å². The molecule has 2 aromatic carbocycles. The maximum atomic E-state index is 13.2. The van der Waals surface area contributed by atoms with Crippen LogP contribution in [-0.4, -0.2) is 19.2 Å². The van der Waals surface area contributed by atoms with Crippen LogP contribution >= 0.6 is 11.3 Å². The molecule has 3 aromatic rings. The van der Waals surface area contributed by atoms with Gasteiger partial charge in [-0.15, -0.1) is 11.3 Å². The summed E-state index contributed by atoms with van der Waals surface area (Å²) in [4.78, 5) is 16.8. The SMILES string of the molecule is CC(=O)c1nc(-c2ccc(F)cc2)c(-c2ccc(S(N)(=O)=O)cc2)s1. The second-order valence-corrected chi connectivity index (χ2v) is 7.89. The first kappa shape index (κ1) is 17.4. The van der Waals surface area contributed by atoms with E-state index < -0.39 is 10.0 Å². The third-order valence-corrected chi connectivity index (χ3v) is 5.63. The summed E-state index contributed by atoms with van der Waals surface area (Å²) in [6, 6.07) is 11.8. The second-order valence-electron chi connectivity index (χ2n) is 5.33. The lowest BCUT2D eigenvalue weighted by Crippen LogP contribution is -2.11. The van der Waals surface area contributed by atoms with Crippen LogP contribution in [0, 0.1) is 5.82 Å². The molecule has 1 heterocycles. The summed E-state index contributed by atoms with van der Waals surface area (Å²) in [6.45, 7) is 1.42. The lowest BCUT2D eigenvalue weighted by molar-refractivity contribution is 0.101. The number of sulfonamides is 1. The van der Waals surface area contributed by atoms with Gasteiger partial charge in [-0.25, -0.2) is 22.9 Å². The number of nitrogens with two attached hydrogens (primary N) is 1. The largest absolute Gasteiger partial charge is 0.292 e. The van der Waals surface area contributed by atoms with Gasteiger partial charge < -0.3 is 0 Å². The van der Waals surface area contributed by atoms with Crippen LogP contribution in [0.15, 0.2) is 53.4 Å². The standard InChI is InChI=1S/C17H13FN2O3S2/c1-10(21)17-20-15(11-2-6-13(18)7-3-11)16(24-17)12-4-8-14(9-5-12)25(19,22)23/h2-9H,1H3,(H2,19,22,23). The number of carbonyl (C=O) groups is 1. The molecule has 2 N–H and O–H groups in total. The predicted molar refractivity (Wildman–Crippen MR) is 94.3 cm³/mol. The number of nitrogens with zero attached hydrogens (tertiary/aromatic N) is 1. The van der Waals surface area contributed by atoms with Gasteiger partial charge in [-0.2, -0.15) is 0 Å². The van der Waals surface area contributed by atoms with Crippen molar-refractivity contribution in [3.8, 4) is 21.7 Å². The van der Waals surface area contributed by atoms with E-state index in [9.17, 15) is 17.6 Å². The van der Waals surface area contributed by atoms with Gasteiger partial charge in [0, 0.05) is 12.5 Å². The summed E-state index contributed by atoms with van der Waals surface area (Å²) in [5.41, 5.74) is 1.89. The molecule has 0 saturated heterocycles. The molecule has 0 atom stereocenters. The fraction of sp³-hybridized carbons (Fsp3) is 0.0588. The average Bonchev–Trinajstić information content (AvgIpc) is 3.00. The van der Waals surface area contributed by atoms with Crippen molar-refractivity contribution in [3.05, 3.63) is 59.4 Å². The molecule has 0 saturated carbocycles. The summed E-state index contributed by atoms with van der Waals surface area (Å²) in [6.07, 6.45) is 0. The molecule has 8 heteroatoms. The topological polar surface area (TPSA) is 90.1 Å². The predicted octanol–water partition coefficient (Wildman–Crippen LogP) is 3.47. The number of primary sulfonamides is 1. The zero-order chi connectivity index (χ0) is 18.2. The molecular formula is C17H13FN2O3S2. The molecular weight excluding hydrogens is 363 g/mol. The number of Topliss-reactive ketones (excluding diaryl/α,β-unsaturated/α-hetero) is 1. The van der Waals surface area contributed by atoms with Crippen LogP contribution in [0.3, 0.4) is 0 Å². The molecule has 5 nitrogen and oxygen atoms in total. The Hall–Kier alpha value is -2.42. The first-order valence-electron chi connectivity index (χ1n) is 7.16. The van der Waals surface area contributed by atoms with Crippen LogP contribution in [0.4, 0.5) is 4.39 Å². The Kier molecular flexibility index (Phi) is 4.51. The van der Waals surface area contributed by atoms with Crippen molar-refractivity contribution in [1.29, 1.82) is 0 Å². The third kappa shape index (κ3) is 3.65. The molecule has 1 aromatic heterocycles.